The van der Waals surface area contributed by atoms with Crippen molar-refractivity contribution in [2.75, 3.05) is 39.3 Å². The Kier molecular flexibility index (Phi) is 5.33. The lowest BCUT2D eigenvalue weighted by atomic mass is 10.0. The van der Waals surface area contributed by atoms with Crippen LogP contribution < -0.4 is 0 Å². The lowest BCUT2D eigenvalue weighted by Gasteiger charge is -2.38. The number of carbonyl (C=O) groups excluding carboxylic acids is 2. The van der Waals surface area contributed by atoms with Gasteiger partial charge in [-0.05, 0) is 37.6 Å². The van der Waals surface area contributed by atoms with Crippen LogP contribution in [0.25, 0.3) is 0 Å². The van der Waals surface area contributed by atoms with Crippen molar-refractivity contribution in [1.82, 2.24) is 14.7 Å². The molecule has 2 fully saturated rings. The van der Waals surface area contributed by atoms with E-state index in [0.29, 0.717) is 25.7 Å². The molecule has 23 heavy (non-hydrogen) atoms. The Bertz CT molecular complexity index is 538. The van der Waals surface area contributed by atoms with Crippen LogP contribution in [0.1, 0.15) is 35.9 Å². The lowest BCUT2D eigenvalue weighted by molar-refractivity contribution is -0.136. The molecule has 0 spiro atoms. The van der Waals surface area contributed by atoms with Crippen LogP contribution in [0.4, 0.5) is 0 Å². The summed E-state index contributed by atoms with van der Waals surface area (Å²) >= 11 is 1.49. The molecule has 0 saturated carbocycles. The van der Waals surface area contributed by atoms with Gasteiger partial charge in [0, 0.05) is 38.8 Å². The minimum absolute atomic E-state index is 0.121. The summed E-state index contributed by atoms with van der Waals surface area (Å²) in [6, 6.07) is 4.16. The van der Waals surface area contributed by atoms with E-state index < -0.39 is 0 Å². The maximum atomic E-state index is 12.5. The van der Waals surface area contributed by atoms with Crippen molar-refractivity contribution in [2.24, 2.45) is 0 Å². The quantitative estimate of drug-likeness (QED) is 0.847. The standard InChI is InChI=1S/C17H25N3O2S/c1-14-5-2-3-7-20(14)16(21)13-18-8-10-19(11-9-18)17(22)15-6-4-12-23-15/h4,6,12,14H,2-3,5,7-11,13H2,1H3. The van der Waals surface area contributed by atoms with Gasteiger partial charge in [0.15, 0.2) is 0 Å². The number of piperidine rings is 1. The van der Waals surface area contributed by atoms with Gasteiger partial charge in [0.25, 0.3) is 5.91 Å². The molecule has 0 aromatic carbocycles. The number of thiophene rings is 1. The Hall–Kier alpha value is -1.40. The average Bonchev–Trinajstić information content (AvgIpc) is 3.09. The van der Waals surface area contributed by atoms with Crippen molar-refractivity contribution in [3.63, 3.8) is 0 Å². The highest BCUT2D eigenvalue weighted by Crippen LogP contribution is 2.17. The van der Waals surface area contributed by atoms with Crippen molar-refractivity contribution in [2.45, 2.75) is 32.2 Å². The molecule has 1 aromatic heterocycles. The first-order valence-corrected chi connectivity index (χ1v) is 9.38. The first-order chi connectivity index (χ1) is 11.1. The Balaban J connectivity index is 1.47. The summed E-state index contributed by atoms with van der Waals surface area (Å²) in [6.07, 6.45) is 3.47. The van der Waals surface area contributed by atoms with E-state index >= 15 is 0 Å². The van der Waals surface area contributed by atoms with E-state index in [4.69, 9.17) is 0 Å². The van der Waals surface area contributed by atoms with Gasteiger partial charge in [-0.2, -0.15) is 0 Å². The van der Waals surface area contributed by atoms with Gasteiger partial charge in [-0.1, -0.05) is 6.07 Å². The van der Waals surface area contributed by atoms with Gasteiger partial charge in [-0.25, -0.2) is 0 Å². The predicted molar refractivity (Wildman–Crippen MR) is 91.7 cm³/mol. The maximum Gasteiger partial charge on any atom is 0.264 e. The number of nitrogens with zero attached hydrogens (tertiary/aromatic N) is 3. The number of amides is 2. The fraction of sp³-hybridized carbons (Fsp3) is 0.647. The van der Waals surface area contributed by atoms with Crippen LogP contribution in [0.5, 0.6) is 0 Å². The Labute approximate surface area is 141 Å². The van der Waals surface area contributed by atoms with E-state index in [1.165, 1.54) is 17.8 Å². The van der Waals surface area contributed by atoms with Crippen LogP contribution in [-0.2, 0) is 4.79 Å². The van der Waals surface area contributed by atoms with Crippen LogP contribution in [-0.4, -0.2) is 71.8 Å². The van der Waals surface area contributed by atoms with Gasteiger partial charge in [0.2, 0.25) is 5.91 Å². The normalized spacial score (nSPS) is 23.1. The smallest absolute Gasteiger partial charge is 0.264 e. The largest absolute Gasteiger partial charge is 0.339 e. The summed E-state index contributed by atoms with van der Waals surface area (Å²) < 4.78 is 0. The average molecular weight is 335 g/mol. The molecule has 2 saturated heterocycles. The molecule has 2 aliphatic rings. The molecule has 5 nitrogen and oxygen atoms in total. The molecule has 0 aliphatic carbocycles. The second kappa shape index (κ2) is 7.45. The van der Waals surface area contributed by atoms with Crippen molar-refractivity contribution in [3.8, 4) is 0 Å². The number of likely N-dealkylation sites (tertiary alicyclic amines) is 1. The third-order valence-corrected chi connectivity index (χ3v) is 5.73. The summed E-state index contributed by atoms with van der Waals surface area (Å²) in [6.45, 7) is 6.52. The number of rotatable bonds is 3. The van der Waals surface area contributed by atoms with Gasteiger partial charge in [-0.15, -0.1) is 11.3 Å². The van der Waals surface area contributed by atoms with Crippen LogP contribution in [0.3, 0.4) is 0 Å². The first kappa shape index (κ1) is 16.5. The topological polar surface area (TPSA) is 43.9 Å². The van der Waals surface area contributed by atoms with Crippen LogP contribution in [0.15, 0.2) is 17.5 Å². The molecule has 1 atom stereocenters. The summed E-state index contributed by atoms with van der Waals surface area (Å²) in [5.41, 5.74) is 0. The first-order valence-electron chi connectivity index (χ1n) is 8.50. The minimum Gasteiger partial charge on any atom is -0.339 e. The molecule has 0 N–H and O–H groups in total. The van der Waals surface area contributed by atoms with E-state index in [2.05, 4.69) is 11.8 Å². The molecule has 0 bridgehead atoms. The molecule has 2 aliphatic heterocycles. The summed E-state index contributed by atoms with van der Waals surface area (Å²) in [5, 5.41) is 1.93. The summed E-state index contributed by atoms with van der Waals surface area (Å²) in [7, 11) is 0. The van der Waals surface area contributed by atoms with Crippen molar-refractivity contribution < 1.29 is 9.59 Å². The third-order valence-electron chi connectivity index (χ3n) is 4.87. The van der Waals surface area contributed by atoms with Crippen molar-refractivity contribution in [1.29, 1.82) is 0 Å². The van der Waals surface area contributed by atoms with Crippen LogP contribution >= 0.6 is 11.3 Å². The molecular formula is C17H25N3O2S. The number of hydrogen-bond acceptors (Lipinski definition) is 4. The Morgan fingerprint density at radius 1 is 1.17 bits per heavy atom. The van der Waals surface area contributed by atoms with Crippen molar-refractivity contribution in [3.05, 3.63) is 22.4 Å². The zero-order valence-corrected chi connectivity index (χ0v) is 14.6. The molecule has 3 heterocycles. The van der Waals surface area contributed by atoms with E-state index in [0.717, 1.165) is 37.4 Å². The monoisotopic (exact) mass is 335 g/mol. The Morgan fingerprint density at radius 2 is 1.96 bits per heavy atom. The van der Waals surface area contributed by atoms with Gasteiger partial charge in [0.1, 0.15) is 0 Å². The van der Waals surface area contributed by atoms with E-state index in [9.17, 15) is 9.59 Å². The molecule has 2 amide bonds. The fourth-order valence-corrected chi connectivity index (χ4v) is 4.11. The number of hydrogen-bond donors (Lipinski definition) is 0. The molecule has 0 radical (unpaired) electrons. The van der Waals surface area contributed by atoms with E-state index in [1.54, 1.807) is 0 Å². The van der Waals surface area contributed by atoms with Gasteiger partial charge in [-0.3, -0.25) is 14.5 Å². The van der Waals surface area contributed by atoms with Gasteiger partial charge < -0.3 is 9.80 Å². The number of piperazine rings is 1. The third kappa shape index (κ3) is 3.93. The lowest BCUT2D eigenvalue weighted by Crippen LogP contribution is -2.53. The zero-order chi connectivity index (χ0) is 16.2. The molecule has 3 rings (SSSR count). The van der Waals surface area contributed by atoms with Crippen molar-refractivity contribution >= 4 is 23.2 Å². The van der Waals surface area contributed by atoms with Gasteiger partial charge in [0.05, 0.1) is 11.4 Å². The zero-order valence-electron chi connectivity index (χ0n) is 13.7. The SMILES string of the molecule is CC1CCCCN1C(=O)CN1CCN(C(=O)c2cccs2)CC1. The fourth-order valence-electron chi connectivity index (χ4n) is 3.42. The second-order valence-corrected chi connectivity index (χ2v) is 7.43. The van der Waals surface area contributed by atoms with Crippen LogP contribution in [0.2, 0.25) is 0 Å². The number of carbonyl (C=O) groups is 2. The highest BCUT2D eigenvalue weighted by atomic mass is 32.1. The Morgan fingerprint density at radius 3 is 2.61 bits per heavy atom. The predicted octanol–water partition coefficient (Wildman–Crippen LogP) is 1.91. The molecule has 126 valence electrons. The molecule has 1 aromatic rings. The maximum absolute atomic E-state index is 12.5. The molecule has 6 heteroatoms. The molecule has 1 unspecified atom stereocenters. The van der Waals surface area contributed by atoms with E-state index in [1.807, 2.05) is 27.3 Å². The van der Waals surface area contributed by atoms with E-state index in [-0.39, 0.29) is 11.8 Å². The highest BCUT2D eigenvalue weighted by Gasteiger charge is 2.27. The molecular weight excluding hydrogens is 310 g/mol. The highest BCUT2D eigenvalue weighted by molar-refractivity contribution is 7.12. The van der Waals surface area contributed by atoms with Gasteiger partial charge >= 0.3 is 0 Å². The second-order valence-electron chi connectivity index (χ2n) is 6.48. The summed E-state index contributed by atoms with van der Waals surface area (Å²) in [4.78, 5) is 31.7. The minimum atomic E-state index is 0.121. The summed E-state index contributed by atoms with van der Waals surface area (Å²) in [5.74, 6) is 0.367. The van der Waals surface area contributed by atoms with Crippen LogP contribution in [0, 0.1) is 0 Å².